The molecule has 1 aromatic heterocycles. The quantitative estimate of drug-likeness (QED) is 0.511. The highest BCUT2D eigenvalue weighted by molar-refractivity contribution is 7.13. The van der Waals surface area contributed by atoms with Crippen molar-refractivity contribution in [1.82, 2.24) is 4.98 Å². The van der Waals surface area contributed by atoms with Crippen LogP contribution in [0.25, 0.3) is 10.6 Å². The van der Waals surface area contributed by atoms with Crippen LogP contribution in [0.5, 0.6) is 11.5 Å². The number of hydrogen-bond donors (Lipinski definition) is 0. The van der Waals surface area contributed by atoms with Crippen molar-refractivity contribution in [2.75, 3.05) is 13.7 Å². The SMILES string of the molecule is CCOc1ccccc1-c1nc(CC(=O)OCc2cc(C)ccc2OC)cs1. The van der Waals surface area contributed by atoms with Crippen LogP contribution in [0.2, 0.25) is 0 Å². The first kappa shape index (κ1) is 19.9. The molecular weight excluding hydrogens is 374 g/mol. The lowest BCUT2D eigenvalue weighted by Gasteiger charge is -2.10. The molecule has 1 heterocycles. The molecule has 0 unspecified atom stereocenters. The second-order valence-corrected chi connectivity index (χ2v) is 7.08. The molecule has 0 aliphatic carbocycles. The molecule has 0 saturated heterocycles. The van der Waals surface area contributed by atoms with Gasteiger partial charge in [-0.05, 0) is 38.1 Å². The van der Waals surface area contributed by atoms with Gasteiger partial charge in [0, 0.05) is 10.9 Å². The Morgan fingerprint density at radius 1 is 1.14 bits per heavy atom. The minimum Gasteiger partial charge on any atom is -0.496 e. The number of para-hydroxylation sites is 1. The van der Waals surface area contributed by atoms with E-state index in [1.807, 2.05) is 61.7 Å². The largest absolute Gasteiger partial charge is 0.496 e. The number of aryl methyl sites for hydroxylation is 1. The lowest BCUT2D eigenvalue weighted by molar-refractivity contribution is -0.144. The van der Waals surface area contributed by atoms with Gasteiger partial charge in [0.1, 0.15) is 23.1 Å². The Hall–Kier alpha value is -2.86. The molecule has 0 bridgehead atoms. The number of hydrogen-bond acceptors (Lipinski definition) is 6. The van der Waals surface area contributed by atoms with Crippen LogP contribution in [0.3, 0.4) is 0 Å². The van der Waals surface area contributed by atoms with Gasteiger partial charge in [-0.1, -0.05) is 23.8 Å². The van der Waals surface area contributed by atoms with Crippen LogP contribution in [0.15, 0.2) is 47.8 Å². The molecule has 0 radical (unpaired) electrons. The molecule has 5 nitrogen and oxygen atoms in total. The van der Waals surface area contributed by atoms with Gasteiger partial charge >= 0.3 is 5.97 Å². The zero-order chi connectivity index (χ0) is 19.9. The Bertz CT molecular complexity index is 951. The Morgan fingerprint density at radius 3 is 2.75 bits per heavy atom. The molecular formula is C22H23NO4S. The minimum absolute atomic E-state index is 0.126. The number of aromatic nitrogens is 1. The van der Waals surface area contributed by atoms with Crippen molar-refractivity contribution in [2.45, 2.75) is 26.9 Å². The monoisotopic (exact) mass is 397 g/mol. The number of rotatable bonds is 8. The molecule has 146 valence electrons. The second-order valence-electron chi connectivity index (χ2n) is 6.23. The summed E-state index contributed by atoms with van der Waals surface area (Å²) in [6.45, 7) is 4.70. The number of nitrogens with zero attached hydrogens (tertiary/aromatic N) is 1. The summed E-state index contributed by atoms with van der Waals surface area (Å²) in [6.07, 6.45) is 0.126. The van der Waals surface area contributed by atoms with Crippen molar-refractivity contribution >= 4 is 17.3 Å². The van der Waals surface area contributed by atoms with E-state index in [1.54, 1.807) is 7.11 Å². The molecule has 0 saturated carbocycles. The average molecular weight is 397 g/mol. The topological polar surface area (TPSA) is 57.7 Å². The van der Waals surface area contributed by atoms with Crippen LogP contribution in [-0.2, 0) is 22.6 Å². The number of carbonyl (C=O) groups excluding carboxylic acids is 1. The zero-order valence-corrected chi connectivity index (χ0v) is 17.0. The van der Waals surface area contributed by atoms with Crippen molar-refractivity contribution in [2.24, 2.45) is 0 Å². The van der Waals surface area contributed by atoms with Gasteiger partial charge in [-0.3, -0.25) is 4.79 Å². The molecule has 3 aromatic rings. The molecule has 0 spiro atoms. The van der Waals surface area contributed by atoms with Crippen LogP contribution >= 0.6 is 11.3 Å². The van der Waals surface area contributed by atoms with Crippen molar-refractivity contribution in [1.29, 1.82) is 0 Å². The standard InChI is InChI=1S/C22H23NO4S/c1-4-26-20-8-6-5-7-18(20)22-23-17(14-28-22)12-21(24)27-13-16-11-15(2)9-10-19(16)25-3/h5-11,14H,4,12-13H2,1-3H3. The van der Waals surface area contributed by atoms with Gasteiger partial charge in [-0.2, -0.15) is 0 Å². The molecule has 0 aliphatic heterocycles. The van der Waals surface area contributed by atoms with E-state index >= 15 is 0 Å². The maximum atomic E-state index is 12.3. The van der Waals surface area contributed by atoms with E-state index < -0.39 is 0 Å². The van der Waals surface area contributed by atoms with E-state index in [4.69, 9.17) is 14.2 Å². The van der Waals surface area contributed by atoms with Gasteiger partial charge in [-0.25, -0.2) is 4.98 Å². The van der Waals surface area contributed by atoms with Gasteiger partial charge in [-0.15, -0.1) is 11.3 Å². The summed E-state index contributed by atoms with van der Waals surface area (Å²) < 4.78 is 16.4. The van der Waals surface area contributed by atoms with E-state index in [1.165, 1.54) is 11.3 Å². The summed E-state index contributed by atoms with van der Waals surface area (Å²) in [5, 5.41) is 2.71. The second kappa shape index (κ2) is 9.37. The van der Waals surface area contributed by atoms with Gasteiger partial charge in [0.2, 0.25) is 0 Å². The minimum atomic E-state index is -0.321. The van der Waals surface area contributed by atoms with E-state index in [0.717, 1.165) is 27.4 Å². The fourth-order valence-corrected chi connectivity index (χ4v) is 3.66. The fraction of sp³-hybridized carbons (Fsp3) is 0.273. The summed E-state index contributed by atoms with van der Waals surface area (Å²) in [5.74, 6) is 1.18. The Kier molecular flexibility index (Phi) is 6.66. The molecule has 28 heavy (non-hydrogen) atoms. The van der Waals surface area contributed by atoms with Crippen LogP contribution < -0.4 is 9.47 Å². The predicted octanol–water partition coefficient (Wildman–Crippen LogP) is 4.81. The van der Waals surface area contributed by atoms with E-state index in [-0.39, 0.29) is 19.0 Å². The lowest BCUT2D eigenvalue weighted by atomic mass is 10.1. The first-order valence-electron chi connectivity index (χ1n) is 9.06. The third-order valence-electron chi connectivity index (χ3n) is 4.12. The third-order valence-corrected chi connectivity index (χ3v) is 5.04. The number of thiazole rings is 1. The molecule has 0 aliphatic rings. The lowest BCUT2D eigenvalue weighted by Crippen LogP contribution is -2.09. The van der Waals surface area contributed by atoms with Crippen LogP contribution in [0.1, 0.15) is 23.7 Å². The van der Waals surface area contributed by atoms with Crippen molar-refractivity contribution < 1.29 is 19.0 Å². The van der Waals surface area contributed by atoms with Crippen molar-refractivity contribution in [3.8, 4) is 22.1 Å². The zero-order valence-electron chi connectivity index (χ0n) is 16.2. The van der Waals surface area contributed by atoms with Gasteiger partial charge in [0.15, 0.2) is 0 Å². The highest BCUT2D eigenvalue weighted by atomic mass is 32.1. The Morgan fingerprint density at radius 2 is 1.96 bits per heavy atom. The summed E-state index contributed by atoms with van der Waals surface area (Å²) in [5.41, 5.74) is 3.55. The molecule has 0 amide bonds. The average Bonchev–Trinajstić information content (AvgIpc) is 3.15. The first-order valence-corrected chi connectivity index (χ1v) is 9.94. The first-order chi connectivity index (χ1) is 13.6. The van der Waals surface area contributed by atoms with Gasteiger partial charge < -0.3 is 14.2 Å². The molecule has 2 aromatic carbocycles. The Balaban J connectivity index is 1.64. The predicted molar refractivity (Wildman–Crippen MR) is 110 cm³/mol. The number of benzene rings is 2. The normalized spacial score (nSPS) is 10.5. The molecule has 0 fully saturated rings. The third kappa shape index (κ3) is 4.89. The highest BCUT2D eigenvalue weighted by Crippen LogP contribution is 2.32. The van der Waals surface area contributed by atoms with E-state index in [0.29, 0.717) is 18.1 Å². The number of carbonyl (C=O) groups is 1. The van der Waals surface area contributed by atoms with Gasteiger partial charge in [0.25, 0.3) is 0 Å². The molecule has 6 heteroatoms. The van der Waals surface area contributed by atoms with Crippen LogP contribution in [-0.4, -0.2) is 24.7 Å². The van der Waals surface area contributed by atoms with Crippen LogP contribution in [0.4, 0.5) is 0 Å². The summed E-state index contributed by atoms with van der Waals surface area (Å²) in [7, 11) is 1.60. The molecule has 0 atom stereocenters. The number of esters is 1. The summed E-state index contributed by atoms with van der Waals surface area (Å²) in [4.78, 5) is 16.8. The Labute approximate surface area is 168 Å². The van der Waals surface area contributed by atoms with Crippen LogP contribution in [0, 0.1) is 6.92 Å². The maximum absolute atomic E-state index is 12.3. The molecule has 0 N–H and O–H groups in total. The summed E-state index contributed by atoms with van der Waals surface area (Å²) in [6, 6.07) is 13.6. The smallest absolute Gasteiger partial charge is 0.312 e. The summed E-state index contributed by atoms with van der Waals surface area (Å²) >= 11 is 1.49. The van der Waals surface area contributed by atoms with E-state index in [2.05, 4.69) is 4.98 Å². The maximum Gasteiger partial charge on any atom is 0.312 e. The van der Waals surface area contributed by atoms with Gasteiger partial charge in [0.05, 0.1) is 31.4 Å². The highest BCUT2D eigenvalue weighted by Gasteiger charge is 2.14. The number of ether oxygens (including phenoxy) is 3. The van der Waals surface area contributed by atoms with E-state index in [9.17, 15) is 4.79 Å². The molecule has 3 rings (SSSR count). The number of methoxy groups -OCH3 is 1. The van der Waals surface area contributed by atoms with Crippen molar-refractivity contribution in [3.63, 3.8) is 0 Å². The fourth-order valence-electron chi connectivity index (χ4n) is 2.81. The van der Waals surface area contributed by atoms with Crippen molar-refractivity contribution in [3.05, 3.63) is 64.7 Å².